The lowest BCUT2D eigenvalue weighted by Gasteiger charge is -2.25. The van der Waals surface area contributed by atoms with Gasteiger partial charge in [-0.2, -0.15) is 0 Å². The van der Waals surface area contributed by atoms with Crippen molar-refractivity contribution in [2.75, 3.05) is 13.1 Å². The van der Waals surface area contributed by atoms with E-state index in [0.29, 0.717) is 11.6 Å². The molecule has 6 heteroatoms. The maximum atomic E-state index is 11.6. The van der Waals surface area contributed by atoms with Crippen LogP contribution in [0.2, 0.25) is 0 Å². The smallest absolute Gasteiger partial charge is 0.324 e. The number of carbonyl (C=O) groups is 1. The van der Waals surface area contributed by atoms with Gasteiger partial charge in [-0.05, 0) is 43.5 Å². The minimum Gasteiger partial charge on any atom is -0.351 e. The number of fused-ring (bicyclic) bond motifs is 1. The van der Waals surface area contributed by atoms with Gasteiger partial charge in [0, 0.05) is 17.1 Å². The molecule has 0 saturated carbocycles. The number of hydrogen-bond acceptors (Lipinski definition) is 4. The number of benzene rings is 1. The normalized spacial score (nSPS) is 15.7. The fourth-order valence-electron chi connectivity index (χ4n) is 3.55. The van der Waals surface area contributed by atoms with E-state index in [-0.39, 0.29) is 0 Å². The summed E-state index contributed by atoms with van der Waals surface area (Å²) in [5, 5.41) is 4.25. The highest BCUT2D eigenvalue weighted by Crippen LogP contribution is 2.35. The molecule has 1 amide bonds. The Kier molecular flexibility index (Phi) is 3.74. The first-order valence-electron chi connectivity index (χ1n) is 8.17. The van der Waals surface area contributed by atoms with Crippen molar-refractivity contribution in [3.05, 3.63) is 48.4 Å². The zero-order valence-electron chi connectivity index (χ0n) is 13.3. The van der Waals surface area contributed by atoms with Gasteiger partial charge in [-0.25, -0.2) is 14.8 Å². The van der Waals surface area contributed by atoms with Crippen LogP contribution in [0.3, 0.4) is 0 Å². The van der Waals surface area contributed by atoms with Crippen molar-refractivity contribution in [3.8, 4) is 11.3 Å². The van der Waals surface area contributed by atoms with Crippen LogP contribution in [0.4, 0.5) is 4.79 Å². The largest absolute Gasteiger partial charge is 0.351 e. The maximum absolute atomic E-state index is 11.6. The second-order valence-corrected chi connectivity index (χ2v) is 6.10. The summed E-state index contributed by atoms with van der Waals surface area (Å²) in [4.78, 5) is 20.3. The van der Waals surface area contributed by atoms with E-state index in [1.165, 1.54) is 16.5 Å². The Morgan fingerprint density at radius 2 is 1.96 bits per heavy atom. The lowest BCUT2D eigenvalue weighted by Crippen LogP contribution is -2.26. The second kappa shape index (κ2) is 6.05. The van der Waals surface area contributed by atoms with E-state index >= 15 is 0 Å². The molecule has 0 spiro atoms. The van der Waals surface area contributed by atoms with Crippen molar-refractivity contribution in [1.29, 1.82) is 0 Å². The zero-order chi connectivity index (χ0) is 16.5. The summed E-state index contributed by atoms with van der Waals surface area (Å²) in [6, 6.07) is 9.70. The number of hydrogen-bond donors (Lipinski definition) is 2. The number of aromatic nitrogens is 3. The summed E-state index contributed by atoms with van der Waals surface area (Å²) in [5.74, 6) is 0.519. The van der Waals surface area contributed by atoms with E-state index < -0.39 is 6.03 Å². The summed E-state index contributed by atoms with van der Waals surface area (Å²) in [6.45, 7) is 2.08. The molecule has 6 nitrogen and oxygen atoms in total. The molecule has 24 heavy (non-hydrogen) atoms. The van der Waals surface area contributed by atoms with E-state index in [1.807, 2.05) is 12.1 Å². The number of primary amides is 1. The Bertz CT molecular complexity index is 895. The lowest BCUT2D eigenvalue weighted by atomic mass is 9.86. The van der Waals surface area contributed by atoms with Crippen LogP contribution in [0.5, 0.6) is 0 Å². The van der Waals surface area contributed by atoms with Crippen LogP contribution in [-0.4, -0.2) is 33.7 Å². The van der Waals surface area contributed by atoms with Crippen molar-refractivity contribution in [2.45, 2.75) is 18.8 Å². The Labute approximate surface area is 139 Å². The first kappa shape index (κ1) is 14.8. The molecule has 3 aromatic rings. The van der Waals surface area contributed by atoms with Gasteiger partial charge in [-0.1, -0.05) is 24.3 Å². The van der Waals surface area contributed by atoms with Crippen LogP contribution in [0.25, 0.3) is 22.3 Å². The molecule has 1 fully saturated rings. The number of carbonyl (C=O) groups excluding carboxylic acids is 1. The molecule has 0 unspecified atom stereocenters. The summed E-state index contributed by atoms with van der Waals surface area (Å²) < 4.78 is 1.35. The molecule has 0 bridgehead atoms. The van der Waals surface area contributed by atoms with Gasteiger partial charge in [0.2, 0.25) is 0 Å². The Morgan fingerprint density at radius 3 is 2.75 bits per heavy atom. The van der Waals surface area contributed by atoms with Crippen molar-refractivity contribution in [2.24, 2.45) is 5.73 Å². The molecule has 1 aliphatic rings. The Morgan fingerprint density at radius 1 is 1.17 bits per heavy atom. The highest BCUT2D eigenvalue weighted by Gasteiger charge is 2.21. The molecule has 0 radical (unpaired) electrons. The molecule has 3 heterocycles. The first-order valence-corrected chi connectivity index (χ1v) is 8.17. The van der Waals surface area contributed by atoms with E-state index in [4.69, 9.17) is 5.73 Å². The monoisotopic (exact) mass is 321 g/mol. The minimum absolute atomic E-state index is 0.519. The van der Waals surface area contributed by atoms with Crippen molar-refractivity contribution in [1.82, 2.24) is 19.9 Å². The Balaban J connectivity index is 1.88. The fourth-order valence-corrected chi connectivity index (χ4v) is 3.55. The van der Waals surface area contributed by atoms with Gasteiger partial charge in [0.1, 0.15) is 6.33 Å². The highest BCUT2D eigenvalue weighted by atomic mass is 16.2. The van der Waals surface area contributed by atoms with Gasteiger partial charge in [-0.15, -0.1) is 0 Å². The third-order valence-corrected chi connectivity index (χ3v) is 4.71. The Hall–Kier alpha value is -2.73. The highest BCUT2D eigenvalue weighted by molar-refractivity contribution is 5.96. The van der Waals surface area contributed by atoms with Gasteiger partial charge in [0.25, 0.3) is 0 Å². The van der Waals surface area contributed by atoms with Crippen molar-refractivity contribution < 1.29 is 4.79 Å². The first-order chi connectivity index (χ1) is 11.8. The predicted molar refractivity (Wildman–Crippen MR) is 92.8 cm³/mol. The third-order valence-electron chi connectivity index (χ3n) is 4.71. The second-order valence-electron chi connectivity index (χ2n) is 6.10. The molecule has 2 aromatic heterocycles. The molecule has 3 N–H and O–H groups in total. The molecule has 1 saturated heterocycles. The van der Waals surface area contributed by atoms with E-state index in [1.54, 1.807) is 6.20 Å². The molecular weight excluding hydrogens is 302 g/mol. The predicted octanol–water partition coefficient (Wildman–Crippen LogP) is 2.49. The number of nitrogens with two attached hydrogens (primary N) is 1. The van der Waals surface area contributed by atoms with Gasteiger partial charge in [-0.3, -0.25) is 4.57 Å². The average Bonchev–Trinajstić information content (AvgIpc) is 3.07. The van der Waals surface area contributed by atoms with E-state index in [9.17, 15) is 4.79 Å². The number of nitrogens with zero attached hydrogens (tertiary/aromatic N) is 3. The van der Waals surface area contributed by atoms with Crippen LogP contribution >= 0.6 is 0 Å². The molecule has 1 aliphatic heterocycles. The van der Waals surface area contributed by atoms with Crippen LogP contribution in [0, 0.1) is 0 Å². The van der Waals surface area contributed by atoms with E-state index in [0.717, 1.165) is 42.6 Å². The fraction of sp³-hybridized carbons (Fsp3) is 0.278. The summed E-state index contributed by atoms with van der Waals surface area (Å²) in [6.07, 6.45) is 5.38. The molecule has 122 valence electrons. The summed E-state index contributed by atoms with van der Waals surface area (Å²) in [5.41, 5.74) is 9.24. The van der Waals surface area contributed by atoms with Crippen LogP contribution in [-0.2, 0) is 0 Å². The molecule has 4 rings (SSSR count). The van der Waals surface area contributed by atoms with Crippen LogP contribution < -0.4 is 11.1 Å². The number of piperidine rings is 1. The van der Waals surface area contributed by atoms with Gasteiger partial charge >= 0.3 is 6.03 Å². The maximum Gasteiger partial charge on any atom is 0.324 e. The molecule has 0 aliphatic carbocycles. The molecule has 1 aromatic carbocycles. The van der Waals surface area contributed by atoms with E-state index in [2.05, 4.69) is 33.5 Å². The van der Waals surface area contributed by atoms with Gasteiger partial charge in [0.15, 0.2) is 5.65 Å². The topological polar surface area (TPSA) is 85.8 Å². The number of amides is 1. The van der Waals surface area contributed by atoms with Gasteiger partial charge < -0.3 is 11.1 Å². The summed E-state index contributed by atoms with van der Waals surface area (Å²) in [7, 11) is 0. The summed E-state index contributed by atoms with van der Waals surface area (Å²) >= 11 is 0. The zero-order valence-corrected chi connectivity index (χ0v) is 13.3. The van der Waals surface area contributed by atoms with Gasteiger partial charge in [0.05, 0.1) is 5.69 Å². The van der Waals surface area contributed by atoms with Crippen LogP contribution in [0.1, 0.15) is 24.3 Å². The van der Waals surface area contributed by atoms with Crippen molar-refractivity contribution >= 4 is 17.1 Å². The lowest BCUT2D eigenvalue weighted by molar-refractivity contribution is 0.251. The average molecular weight is 321 g/mol. The SMILES string of the molecule is NC(=O)n1ccc2c(-c3ccccc3C3CCNCC3)ncnc21. The quantitative estimate of drug-likeness (QED) is 0.759. The number of nitrogens with one attached hydrogen (secondary N) is 1. The standard InChI is InChI=1S/C18H19N5O/c19-18(24)23-10-7-15-16(21-11-22-17(15)23)14-4-2-1-3-13(14)12-5-8-20-9-6-12/h1-4,7,10-12,20H,5-6,8-9H2,(H2,19,24). The molecular formula is C18H19N5O. The molecule has 0 atom stereocenters. The van der Waals surface area contributed by atoms with Crippen LogP contribution in [0.15, 0.2) is 42.9 Å². The minimum atomic E-state index is -0.540. The third kappa shape index (κ3) is 2.45. The number of rotatable bonds is 2. The van der Waals surface area contributed by atoms with Crippen molar-refractivity contribution in [3.63, 3.8) is 0 Å².